The molecule has 1 rings (SSSR count). The number of hydrogen-bond donors (Lipinski definition) is 2. The highest BCUT2D eigenvalue weighted by molar-refractivity contribution is 6.36. The van der Waals surface area contributed by atoms with Crippen molar-refractivity contribution < 1.29 is 5.11 Å². The lowest BCUT2D eigenvalue weighted by Crippen LogP contribution is -2.39. The van der Waals surface area contributed by atoms with Gasteiger partial charge in [0.25, 0.3) is 0 Å². The van der Waals surface area contributed by atoms with Gasteiger partial charge < -0.3 is 10.4 Å². The Morgan fingerprint density at radius 2 is 1.93 bits per heavy atom. The summed E-state index contributed by atoms with van der Waals surface area (Å²) in [5, 5.41) is 14.1. The van der Waals surface area contributed by atoms with Gasteiger partial charge in [-0.1, -0.05) is 23.2 Å². The Labute approximate surface area is 100 Å². The smallest absolute Gasteiger partial charge is 0.0789 e. The fraction of sp³-hybridized carbons (Fsp3) is 0.455. The molecule has 0 heterocycles. The van der Waals surface area contributed by atoms with Crippen LogP contribution in [0.15, 0.2) is 18.2 Å². The quantitative estimate of drug-likeness (QED) is 0.857. The summed E-state index contributed by atoms with van der Waals surface area (Å²) in [7, 11) is 0. The van der Waals surface area contributed by atoms with Gasteiger partial charge in [-0.25, -0.2) is 0 Å². The van der Waals surface area contributed by atoms with Crippen LogP contribution < -0.4 is 5.32 Å². The van der Waals surface area contributed by atoms with Crippen molar-refractivity contribution in [1.29, 1.82) is 0 Å². The topological polar surface area (TPSA) is 32.3 Å². The Bertz CT molecular complexity index is 347. The van der Waals surface area contributed by atoms with E-state index in [4.69, 9.17) is 23.2 Å². The van der Waals surface area contributed by atoms with Gasteiger partial charge in [-0.2, -0.15) is 0 Å². The number of anilines is 1. The van der Waals surface area contributed by atoms with Crippen LogP contribution in [0.5, 0.6) is 0 Å². The first-order valence-electron chi connectivity index (χ1n) is 4.74. The Morgan fingerprint density at radius 3 is 2.40 bits per heavy atom. The van der Waals surface area contributed by atoms with Gasteiger partial charge in [-0.15, -0.1) is 0 Å². The number of halogens is 2. The molecule has 0 saturated heterocycles. The van der Waals surface area contributed by atoms with Crippen LogP contribution in [0.25, 0.3) is 0 Å². The molecule has 0 aromatic heterocycles. The summed E-state index contributed by atoms with van der Waals surface area (Å²) in [6.45, 7) is 5.38. The van der Waals surface area contributed by atoms with E-state index in [2.05, 4.69) is 5.32 Å². The maximum absolute atomic E-state index is 9.76. The van der Waals surface area contributed by atoms with Crippen molar-refractivity contribution in [3.8, 4) is 0 Å². The fourth-order valence-electron chi connectivity index (χ4n) is 1.02. The van der Waals surface area contributed by atoms with Crippen LogP contribution in [0, 0.1) is 0 Å². The highest BCUT2D eigenvalue weighted by atomic mass is 35.5. The zero-order valence-corrected chi connectivity index (χ0v) is 10.5. The SMILES string of the molecule is CC(Nc1ccc(Cl)cc1Cl)C(C)(C)O. The molecule has 84 valence electrons. The minimum absolute atomic E-state index is 0.101. The molecule has 0 aliphatic rings. The van der Waals surface area contributed by atoms with Crippen molar-refractivity contribution >= 4 is 28.9 Å². The lowest BCUT2D eigenvalue weighted by molar-refractivity contribution is 0.0649. The molecule has 0 saturated carbocycles. The van der Waals surface area contributed by atoms with Crippen molar-refractivity contribution in [3.05, 3.63) is 28.2 Å². The van der Waals surface area contributed by atoms with Crippen LogP contribution in [-0.2, 0) is 0 Å². The highest BCUT2D eigenvalue weighted by Gasteiger charge is 2.22. The molecule has 1 aromatic rings. The van der Waals surface area contributed by atoms with Gasteiger partial charge >= 0.3 is 0 Å². The van der Waals surface area contributed by atoms with Crippen LogP contribution >= 0.6 is 23.2 Å². The average Bonchev–Trinajstić information content (AvgIpc) is 2.08. The van der Waals surface area contributed by atoms with Gasteiger partial charge in [0.2, 0.25) is 0 Å². The van der Waals surface area contributed by atoms with Crippen molar-refractivity contribution in [2.45, 2.75) is 32.4 Å². The molecule has 0 aliphatic carbocycles. The van der Waals surface area contributed by atoms with E-state index in [1.807, 2.05) is 6.92 Å². The predicted octanol–water partition coefficient (Wildman–Crippen LogP) is 3.56. The maximum atomic E-state index is 9.76. The molecule has 0 aliphatic heterocycles. The zero-order chi connectivity index (χ0) is 11.6. The van der Waals surface area contributed by atoms with E-state index in [9.17, 15) is 5.11 Å². The molecule has 1 aromatic carbocycles. The first-order valence-corrected chi connectivity index (χ1v) is 5.50. The molecule has 15 heavy (non-hydrogen) atoms. The molecule has 1 atom stereocenters. The number of hydrogen-bond acceptors (Lipinski definition) is 2. The summed E-state index contributed by atoms with van der Waals surface area (Å²) < 4.78 is 0. The molecular weight excluding hydrogens is 233 g/mol. The third-order valence-corrected chi connectivity index (χ3v) is 2.91. The number of nitrogens with one attached hydrogen (secondary N) is 1. The lowest BCUT2D eigenvalue weighted by atomic mass is 10.0. The van der Waals surface area contributed by atoms with Crippen LogP contribution in [0.4, 0.5) is 5.69 Å². The van der Waals surface area contributed by atoms with Crippen molar-refractivity contribution in [3.63, 3.8) is 0 Å². The Hall–Kier alpha value is -0.440. The first kappa shape index (κ1) is 12.6. The fourth-order valence-corrected chi connectivity index (χ4v) is 1.48. The normalized spacial score (nSPS) is 13.7. The van der Waals surface area contributed by atoms with Gasteiger partial charge in [0.1, 0.15) is 0 Å². The minimum Gasteiger partial charge on any atom is -0.388 e. The van der Waals surface area contributed by atoms with Gasteiger partial charge in [0.15, 0.2) is 0 Å². The number of rotatable bonds is 3. The second kappa shape index (κ2) is 4.60. The second-order valence-corrected chi connectivity index (χ2v) is 4.99. The van der Waals surface area contributed by atoms with Crippen LogP contribution in [0.3, 0.4) is 0 Å². The van der Waals surface area contributed by atoms with E-state index in [0.29, 0.717) is 10.0 Å². The first-order chi connectivity index (χ1) is 6.80. The molecule has 2 nitrogen and oxygen atoms in total. The maximum Gasteiger partial charge on any atom is 0.0789 e. The summed E-state index contributed by atoms with van der Waals surface area (Å²) in [6.07, 6.45) is 0. The molecule has 0 amide bonds. The van der Waals surface area contributed by atoms with Gasteiger partial charge in [-0.3, -0.25) is 0 Å². The number of benzene rings is 1. The summed E-state index contributed by atoms with van der Waals surface area (Å²) in [4.78, 5) is 0. The zero-order valence-electron chi connectivity index (χ0n) is 9.01. The molecule has 1 unspecified atom stereocenters. The largest absolute Gasteiger partial charge is 0.388 e. The monoisotopic (exact) mass is 247 g/mol. The van der Waals surface area contributed by atoms with Gasteiger partial charge in [0, 0.05) is 5.02 Å². The van der Waals surface area contributed by atoms with Crippen LogP contribution in [-0.4, -0.2) is 16.7 Å². The summed E-state index contributed by atoms with van der Waals surface area (Å²) in [5.41, 5.74) is -0.0288. The van der Waals surface area contributed by atoms with E-state index < -0.39 is 5.60 Å². The predicted molar refractivity (Wildman–Crippen MR) is 65.8 cm³/mol. The summed E-state index contributed by atoms with van der Waals surface area (Å²) >= 11 is 11.8. The van der Waals surface area contributed by atoms with Gasteiger partial charge in [-0.05, 0) is 39.0 Å². The Balaban J connectivity index is 2.82. The highest BCUT2D eigenvalue weighted by Crippen LogP contribution is 2.27. The molecule has 4 heteroatoms. The molecule has 0 fully saturated rings. The van der Waals surface area contributed by atoms with Crippen molar-refractivity contribution in [1.82, 2.24) is 0 Å². The number of aliphatic hydroxyl groups is 1. The van der Waals surface area contributed by atoms with E-state index >= 15 is 0 Å². The van der Waals surface area contributed by atoms with Crippen LogP contribution in [0.2, 0.25) is 10.0 Å². The van der Waals surface area contributed by atoms with E-state index in [1.165, 1.54) is 0 Å². The van der Waals surface area contributed by atoms with E-state index in [-0.39, 0.29) is 6.04 Å². The summed E-state index contributed by atoms with van der Waals surface area (Å²) in [6, 6.07) is 5.12. The van der Waals surface area contributed by atoms with E-state index in [0.717, 1.165) is 5.69 Å². The molecule has 0 radical (unpaired) electrons. The molecule has 0 spiro atoms. The second-order valence-electron chi connectivity index (χ2n) is 4.14. The minimum atomic E-state index is -0.803. The van der Waals surface area contributed by atoms with E-state index in [1.54, 1.807) is 32.0 Å². The average molecular weight is 248 g/mol. The third-order valence-electron chi connectivity index (χ3n) is 2.36. The Kier molecular flexibility index (Phi) is 3.87. The third kappa shape index (κ3) is 3.56. The molecule has 0 bridgehead atoms. The summed E-state index contributed by atoms with van der Waals surface area (Å²) in [5.74, 6) is 0. The Morgan fingerprint density at radius 1 is 1.33 bits per heavy atom. The van der Waals surface area contributed by atoms with Crippen LogP contribution in [0.1, 0.15) is 20.8 Å². The molecular formula is C11H15Cl2NO. The van der Waals surface area contributed by atoms with Crippen molar-refractivity contribution in [2.75, 3.05) is 5.32 Å². The lowest BCUT2D eigenvalue weighted by Gasteiger charge is -2.28. The van der Waals surface area contributed by atoms with Gasteiger partial charge in [0.05, 0.1) is 22.4 Å². The van der Waals surface area contributed by atoms with Crippen molar-refractivity contribution in [2.24, 2.45) is 0 Å². The standard InChI is InChI=1S/C11H15Cl2NO/c1-7(11(2,3)15)14-10-5-4-8(12)6-9(10)13/h4-7,14-15H,1-3H3. The molecule has 2 N–H and O–H groups in total.